The van der Waals surface area contributed by atoms with Gasteiger partial charge in [0.25, 0.3) is 11.6 Å². The predicted molar refractivity (Wildman–Crippen MR) is 96.5 cm³/mol. The number of benzene rings is 2. The lowest BCUT2D eigenvalue weighted by atomic mass is 10.0. The van der Waals surface area contributed by atoms with E-state index in [1.54, 1.807) is 12.1 Å². The summed E-state index contributed by atoms with van der Waals surface area (Å²) in [5, 5.41) is 11.0. The molecule has 130 valence electrons. The molecule has 0 heterocycles. The van der Waals surface area contributed by atoms with Crippen LogP contribution in [0.2, 0.25) is 0 Å². The largest absolute Gasteiger partial charge is 0.331 e. The van der Waals surface area contributed by atoms with E-state index in [2.05, 4.69) is 38.1 Å². The number of amides is 1. The van der Waals surface area contributed by atoms with Crippen LogP contribution in [0.4, 0.5) is 5.69 Å². The van der Waals surface area contributed by atoms with Crippen molar-refractivity contribution in [3.63, 3.8) is 0 Å². The third-order valence-corrected chi connectivity index (χ3v) is 4.55. The number of hydrogen-bond donors (Lipinski definition) is 0. The van der Waals surface area contributed by atoms with Gasteiger partial charge in [-0.05, 0) is 36.0 Å². The third kappa shape index (κ3) is 4.05. The summed E-state index contributed by atoms with van der Waals surface area (Å²) < 4.78 is 0. The van der Waals surface area contributed by atoms with Gasteiger partial charge in [-0.1, -0.05) is 44.2 Å². The number of nitrogens with zero attached hydrogens (tertiary/aromatic N) is 2. The second kappa shape index (κ2) is 7.05. The molecule has 0 atom stereocenters. The molecule has 0 aliphatic heterocycles. The topological polar surface area (TPSA) is 63.5 Å². The first kappa shape index (κ1) is 17.1. The number of rotatable bonds is 6. The van der Waals surface area contributed by atoms with Crippen molar-refractivity contribution in [3.05, 3.63) is 75.3 Å². The summed E-state index contributed by atoms with van der Waals surface area (Å²) in [5.74, 6) is 0.333. The fourth-order valence-electron chi connectivity index (χ4n) is 2.88. The SMILES string of the molecule is CC(C)c1ccc(CN(C(=O)c2cccc([N+](=O)[O-])c2)C2CC2)cc1. The number of hydrogen-bond acceptors (Lipinski definition) is 3. The van der Waals surface area contributed by atoms with E-state index in [4.69, 9.17) is 0 Å². The van der Waals surface area contributed by atoms with Gasteiger partial charge in [-0.2, -0.15) is 0 Å². The molecule has 0 bridgehead atoms. The lowest BCUT2D eigenvalue weighted by Gasteiger charge is -2.23. The van der Waals surface area contributed by atoms with E-state index in [0.29, 0.717) is 18.0 Å². The minimum Gasteiger partial charge on any atom is -0.331 e. The van der Waals surface area contributed by atoms with Gasteiger partial charge in [-0.15, -0.1) is 0 Å². The number of nitro benzene ring substituents is 1. The molecule has 0 saturated heterocycles. The van der Waals surface area contributed by atoms with Crippen LogP contribution in [0.15, 0.2) is 48.5 Å². The average molecular weight is 338 g/mol. The predicted octanol–water partition coefficient (Wildman–Crippen LogP) is 4.52. The molecule has 1 saturated carbocycles. The molecule has 2 aromatic rings. The Bertz CT molecular complexity index is 780. The van der Waals surface area contributed by atoms with Gasteiger partial charge in [0.2, 0.25) is 0 Å². The Morgan fingerprint density at radius 3 is 2.44 bits per heavy atom. The van der Waals surface area contributed by atoms with E-state index in [0.717, 1.165) is 18.4 Å². The number of carbonyl (C=O) groups is 1. The molecular formula is C20H22N2O3. The zero-order chi connectivity index (χ0) is 18.0. The van der Waals surface area contributed by atoms with E-state index in [-0.39, 0.29) is 17.6 Å². The monoisotopic (exact) mass is 338 g/mol. The van der Waals surface area contributed by atoms with E-state index in [1.807, 2.05) is 4.90 Å². The first-order chi connectivity index (χ1) is 12.0. The van der Waals surface area contributed by atoms with Crippen molar-refractivity contribution in [2.75, 3.05) is 0 Å². The molecular weight excluding hydrogens is 316 g/mol. The summed E-state index contributed by atoms with van der Waals surface area (Å²) in [6.45, 7) is 4.83. The molecule has 0 unspecified atom stereocenters. The number of non-ortho nitro benzene ring substituents is 1. The first-order valence-electron chi connectivity index (χ1n) is 8.60. The maximum Gasteiger partial charge on any atom is 0.270 e. The zero-order valence-corrected chi connectivity index (χ0v) is 14.5. The van der Waals surface area contributed by atoms with Crippen molar-refractivity contribution in [1.82, 2.24) is 4.90 Å². The average Bonchev–Trinajstić information content (AvgIpc) is 3.44. The molecule has 5 heteroatoms. The van der Waals surface area contributed by atoms with Crippen LogP contribution in [-0.4, -0.2) is 21.8 Å². The molecule has 1 aliphatic carbocycles. The Morgan fingerprint density at radius 2 is 1.88 bits per heavy atom. The van der Waals surface area contributed by atoms with Crippen molar-refractivity contribution >= 4 is 11.6 Å². The van der Waals surface area contributed by atoms with Crippen molar-refractivity contribution in [3.8, 4) is 0 Å². The van der Waals surface area contributed by atoms with E-state index < -0.39 is 4.92 Å². The maximum atomic E-state index is 12.9. The Morgan fingerprint density at radius 1 is 1.20 bits per heavy atom. The third-order valence-electron chi connectivity index (χ3n) is 4.55. The van der Waals surface area contributed by atoms with E-state index >= 15 is 0 Å². The smallest absolute Gasteiger partial charge is 0.270 e. The minimum atomic E-state index is -0.469. The molecule has 0 radical (unpaired) electrons. The van der Waals surface area contributed by atoms with Crippen molar-refractivity contribution in [2.24, 2.45) is 0 Å². The minimum absolute atomic E-state index is 0.0529. The van der Waals surface area contributed by atoms with Gasteiger partial charge in [0.05, 0.1) is 4.92 Å². The Kier molecular flexibility index (Phi) is 4.83. The van der Waals surface area contributed by atoms with Gasteiger partial charge in [-0.25, -0.2) is 0 Å². The molecule has 3 rings (SSSR count). The van der Waals surface area contributed by atoms with Crippen LogP contribution >= 0.6 is 0 Å². The van der Waals surface area contributed by atoms with Crippen LogP contribution in [0.25, 0.3) is 0 Å². The van der Waals surface area contributed by atoms with Crippen molar-refractivity contribution < 1.29 is 9.72 Å². The van der Waals surface area contributed by atoms with Gasteiger partial charge < -0.3 is 4.90 Å². The first-order valence-corrected chi connectivity index (χ1v) is 8.60. The number of nitro groups is 1. The Labute approximate surface area is 147 Å². The van der Waals surface area contributed by atoms with Crippen LogP contribution in [0, 0.1) is 10.1 Å². The van der Waals surface area contributed by atoms with Gasteiger partial charge in [0.15, 0.2) is 0 Å². The second-order valence-electron chi connectivity index (χ2n) is 6.87. The van der Waals surface area contributed by atoms with E-state index in [9.17, 15) is 14.9 Å². The molecule has 0 N–H and O–H groups in total. The van der Waals surface area contributed by atoms with Crippen LogP contribution in [0.1, 0.15) is 54.1 Å². The van der Waals surface area contributed by atoms with Gasteiger partial charge in [0, 0.05) is 30.3 Å². The highest BCUT2D eigenvalue weighted by Gasteiger charge is 2.33. The summed E-state index contributed by atoms with van der Waals surface area (Å²) in [4.78, 5) is 25.2. The molecule has 1 aliphatic rings. The number of carbonyl (C=O) groups excluding carboxylic acids is 1. The maximum absolute atomic E-state index is 12.9. The van der Waals surface area contributed by atoms with Crippen molar-refractivity contribution in [1.29, 1.82) is 0 Å². The summed E-state index contributed by atoms with van der Waals surface area (Å²) in [6.07, 6.45) is 1.98. The highest BCUT2D eigenvalue weighted by molar-refractivity contribution is 5.95. The second-order valence-corrected chi connectivity index (χ2v) is 6.87. The summed E-state index contributed by atoms with van der Waals surface area (Å²) in [6, 6.07) is 14.5. The van der Waals surface area contributed by atoms with Gasteiger partial charge >= 0.3 is 0 Å². The summed E-state index contributed by atoms with van der Waals surface area (Å²) >= 11 is 0. The molecule has 2 aromatic carbocycles. The quantitative estimate of drug-likeness (QED) is 0.574. The molecule has 0 aromatic heterocycles. The van der Waals surface area contributed by atoms with Crippen LogP contribution in [0.3, 0.4) is 0 Å². The van der Waals surface area contributed by atoms with Crippen LogP contribution < -0.4 is 0 Å². The summed E-state index contributed by atoms with van der Waals surface area (Å²) in [5.41, 5.74) is 2.67. The zero-order valence-electron chi connectivity index (χ0n) is 14.5. The van der Waals surface area contributed by atoms with Crippen molar-refractivity contribution in [2.45, 2.75) is 45.2 Å². The lowest BCUT2D eigenvalue weighted by molar-refractivity contribution is -0.384. The lowest BCUT2D eigenvalue weighted by Crippen LogP contribution is -2.32. The summed E-state index contributed by atoms with van der Waals surface area (Å²) in [7, 11) is 0. The fourth-order valence-corrected chi connectivity index (χ4v) is 2.88. The van der Waals surface area contributed by atoms with Gasteiger partial charge in [0.1, 0.15) is 0 Å². The standard InChI is InChI=1S/C20H22N2O3/c1-14(2)16-8-6-15(7-9-16)13-21(18-10-11-18)20(23)17-4-3-5-19(12-17)22(24)25/h3-9,12,14,18H,10-11,13H2,1-2H3. The molecule has 1 fully saturated rings. The van der Waals surface area contributed by atoms with Crippen LogP contribution in [-0.2, 0) is 6.54 Å². The molecule has 25 heavy (non-hydrogen) atoms. The Hall–Kier alpha value is -2.69. The van der Waals surface area contributed by atoms with E-state index in [1.165, 1.54) is 17.7 Å². The molecule has 1 amide bonds. The molecule has 5 nitrogen and oxygen atoms in total. The van der Waals surface area contributed by atoms with Gasteiger partial charge in [-0.3, -0.25) is 14.9 Å². The Balaban J connectivity index is 1.80. The van der Waals surface area contributed by atoms with Crippen LogP contribution in [0.5, 0.6) is 0 Å². The fraction of sp³-hybridized carbons (Fsp3) is 0.350. The highest BCUT2D eigenvalue weighted by atomic mass is 16.6. The normalized spacial score (nSPS) is 13.7. The highest BCUT2D eigenvalue weighted by Crippen LogP contribution is 2.30. The molecule has 0 spiro atoms.